The summed E-state index contributed by atoms with van der Waals surface area (Å²) < 4.78 is 12.9. The Hall–Kier alpha value is -3.02. The fraction of sp³-hybridized carbons (Fsp3) is 0.300. The van der Waals surface area contributed by atoms with E-state index >= 15 is 0 Å². The Morgan fingerprint density at radius 2 is 2.23 bits per heavy atom. The van der Waals surface area contributed by atoms with Gasteiger partial charge in [-0.15, -0.1) is 0 Å². The van der Waals surface area contributed by atoms with Crippen molar-refractivity contribution in [3.05, 3.63) is 54.4 Å². The molecule has 134 valence electrons. The van der Waals surface area contributed by atoms with Gasteiger partial charge in [0.05, 0.1) is 31.1 Å². The van der Waals surface area contributed by atoms with Crippen molar-refractivity contribution in [1.82, 2.24) is 14.9 Å². The number of benzene rings is 2. The molecule has 0 aliphatic carbocycles. The van der Waals surface area contributed by atoms with Crippen LogP contribution in [-0.4, -0.2) is 35.7 Å². The highest BCUT2D eigenvalue weighted by Gasteiger charge is 2.21. The van der Waals surface area contributed by atoms with Gasteiger partial charge in [0.25, 0.3) is 0 Å². The zero-order valence-electron chi connectivity index (χ0n) is 14.6. The molecule has 1 aromatic heterocycles. The lowest BCUT2D eigenvalue weighted by Crippen LogP contribution is -2.36. The third kappa shape index (κ3) is 3.35. The molecule has 0 spiro atoms. The molecule has 4 rings (SSSR count). The minimum Gasteiger partial charge on any atom is -0.497 e. The van der Waals surface area contributed by atoms with Crippen molar-refractivity contribution in [2.75, 3.05) is 20.3 Å². The Balaban J connectivity index is 1.33. The number of carbonyl (C=O) groups excluding carboxylic acids is 1. The van der Waals surface area contributed by atoms with E-state index in [4.69, 9.17) is 9.47 Å². The number of nitrogens with zero attached hydrogens (tertiary/aromatic N) is 2. The molecule has 0 bridgehead atoms. The van der Waals surface area contributed by atoms with E-state index < -0.39 is 0 Å². The molecule has 2 heterocycles. The van der Waals surface area contributed by atoms with Gasteiger partial charge in [-0.25, -0.2) is 4.98 Å². The zero-order valence-corrected chi connectivity index (χ0v) is 14.6. The van der Waals surface area contributed by atoms with Crippen molar-refractivity contribution >= 4 is 16.9 Å². The minimum atomic E-state index is -0.0197. The Labute approximate surface area is 151 Å². The number of rotatable bonds is 5. The zero-order chi connectivity index (χ0) is 17.9. The molecular weight excluding hydrogens is 330 g/mol. The standard InChI is InChI=1S/C20H21N3O3/c1-25-16-7-6-15-8-14(12-26-19(15)9-16)10-21-20(24)11-23-13-22-17-4-2-3-5-18(17)23/h2-7,9,13-14H,8,10-12H2,1H3,(H,21,24)/t14-/m1/s1. The molecule has 6 nitrogen and oxygen atoms in total. The predicted octanol–water partition coefficient (Wildman–Crippen LogP) is 2.41. The first-order valence-electron chi connectivity index (χ1n) is 8.69. The molecule has 0 saturated carbocycles. The van der Waals surface area contributed by atoms with Crippen molar-refractivity contribution in [2.24, 2.45) is 5.92 Å². The fourth-order valence-corrected chi connectivity index (χ4v) is 3.28. The maximum atomic E-state index is 12.3. The van der Waals surface area contributed by atoms with Gasteiger partial charge in [-0.05, 0) is 30.2 Å². The van der Waals surface area contributed by atoms with E-state index in [1.165, 1.54) is 0 Å². The number of para-hydroxylation sites is 2. The number of aromatic nitrogens is 2. The second kappa shape index (κ2) is 7.07. The molecule has 1 amide bonds. The average molecular weight is 351 g/mol. The monoisotopic (exact) mass is 351 g/mol. The highest BCUT2D eigenvalue weighted by molar-refractivity contribution is 5.80. The van der Waals surface area contributed by atoms with Crippen LogP contribution in [0.1, 0.15) is 5.56 Å². The number of carbonyl (C=O) groups is 1. The second-order valence-corrected chi connectivity index (χ2v) is 6.52. The molecule has 0 radical (unpaired) electrons. The van der Waals surface area contributed by atoms with Crippen LogP contribution in [0.5, 0.6) is 11.5 Å². The first-order valence-corrected chi connectivity index (χ1v) is 8.69. The van der Waals surface area contributed by atoms with Gasteiger partial charge in [0.2, 0.25) is 5.91 Å². The molecule has 1 atom stereocenters. The number of amides is 1. The first kappa shape index (κ1) is 16.4. The van der Waals surface area contributed by atoms with Crippen LogP contribution < -0.4 is 14.8 Å². The summed E-state index contributed by atoms with van der Waals surface area (Å²) in [4.78, 5) is 16.6. The molecule has 3 aromatic rings. The summed E-state index contributed by atoms with van der Waals surface area (Å²) in [5.41, 5.74) is 3.01. The molecule has 0 fully saturated rings. The van der Waals surface area contributed by atoms with E-state index in [2.05, 4.69) is 10.3 Å². The first-order chi connectivity index (χ1) is 12.7. The molecule has 1 aliphatic heterocycles. The van der Waals surface area contributed by atoms with Crippen LogP contribution in [0, 0.1) is 5.92 Å². The topological polar surface area (TPSA) is 65.4 Å². The van der Waals surface area contributed by atoms with Gasteiger partial charge in [0.15, 0.2) is 0 Å². The maximum Gasteiger partial charge on any atom is 0.240 e. The number of hydrogen-bond donors (Lipinski definition) is 1. The van der Waals surface area contributed by atoms with Gasteiger partial charge in [-0.2, -0.15) is 0 Å². The van der Waals surface area contributed by atoms with Gasteiger partial charge in [-0.1, -0.05) is 18.2 Å². The van der Waals surface area contributed by atoms with Crippen molar-refractivity contribution in [3.8, 4) is 11.5 Å². The summed E-state index contributed by atoms with van der Waals surface area (Å²) >= 11 is 0. The molecule has 6 heteroatoms. The summed E-state index contributed by atoms with van der Waals surface area (Å²) in [5, 5.41) is 3.02. The maximum absolute atomic E-state index is 12.3. The summed E-state index contributed by atoms with van der Waals surface area (Å²) in [6.07, 6.45) is 2.59. The number of fused-ring (bicyclic) bond motifs is 2. The number of methoxy groups -OCH3 is 1. The molecule has 1 N–H and O–H groups in total. The number of imidazole rings is 1. The van der Waals surface area contributed by atoms with Gasteiger partial charge < -0.3 is 19.4 Å². The van der Waals surface area contributed by atoms with Crippen LogP contribution in [0.15, 0.2) is 48.8 Å². The van der Waals surface area contributed by atoms with Gasteiger partial charge in [0.1, 0.15) is 18.0 Å². The summed E-state index contributed by atoms with van der Waals surface area (Å²) in [5.74, 6) is 1.91. The number of hydrogen-bond acceptors (Lipinski definition) is 4. The van der Waals surface area contributed by atoms with Crippen molar-refractivity contribution in [1.29, 1.82) is 0 Å². The van der Waals surface area contributed by atoms with Gasteiger partial charge in [-0.3, -0.25) is 4.79 Å². The van der Waals surface area contributed by atoms with Crippen LogP contribution in [-0.2, 0) is 17.8 Å². The summed E-state index contributed by atoms with van der Waals surface area (Å²) in [7, 11) is 1.65. The SMILES string of the molecule is COc1ccc2c(c1)OC[C@@H](CNC(=O)Cn1cnc3ccccc31)C2. The molecule has 0 unspecified atom stereocenters. The van der Waals surface area contributed by atoms with E-state index in [9.17, 15) is 4.79 Å². The third-order valence-corrected chi connectivity index (χ3v) is 4.69. The van der Waals surface area contributed by atoms with Gasteiger partial charge >= 0.3 is 0 Å². The Bertz CT molecular complexity index is 935. The van der Waals surface area contributed by atoms with Crippen LogP contribution in [0.25, 0.3) is 11.0 Å². The highest BCUT2D eigenvalue weighted by atomic mass is 16.5. The van der Waals surface area contributed by atoms with Gasteiger partial charge in [0, 0.05) is 18.5 Å². The molecule has 1 aliphatic rings. The van der Waals surface area contributed by atoms with Crippen molar-refractivity contribution < 1.29 is 14.3 Å². The molecule has 26 heavy (non-hydrogen) atoms. The smallest absolute Gasteiger partial charge is 0.240 e. The Morgan fingerprint density at radius 1 is 1.35 bits per heavy atom. The van der Waals surface area contributed by atoms with Crippen LogP contribution >= 0.6 is 0 Å². The predicted molar refractivity (Wildman–Crippen MR) is 98.4 cm³/mol. The summed E-state index contributed by atoms with van der Waals surface area (Å²) in [6.45, 7) is 1.45. The van der Waals surface area contributed by atoms with Crippen LogP contribution in [0.2, 0.25) is 0 Å². The van der Waals surface area contributed by atoms with Crippen molar-refractivity contribution in [2.45, 2.75) is 13.0 Å². The number of nitrogens with one attached hydrogen (secondary N) is 1. The minimum absolute atomic E-state index is 0.0197. The third-order valence-electron chi connectivity index (χ3n) is 4.69. The van der Waals surface area contributed by atoms with Crippen LogP contribution in [0.4, 0.5) is 0 Å². The quantitative estimate of drug-likeness (QED) is 0.767. The average Bonchev–Trinajstić information content (AvgIpc) is 3.08. The largest absolute Gasteiger partial charge is 0.497 e. The van der Waals surface area contributed by atoms with E-state index in [0.717, 1.165) is 34.5 Å². The summed E-state index contributed by atoms with van der Waals surface area (Å²) in [6, 6.07) is 13.7. The Morgan fingerprint density at radius 3 is 3.12 bits per heavy atom. The van der Waals surface area contributed by atoms with E-state index in [1.54, 1.807) is 13.4 Å². The van der Waals surface area contributed by atoms with E-state index in [0.29, 0.717) is 13.2 Å². The van der Waals surface area contributed by atoms with Crippen molar-refractivity contribution in [3.63, 3.8) is 0 Å². The fourth-order valence-electron chi connectivity index (χ4n) is 3.28. The van der Waals surface area contributed by atoms with Crippen LogP contribution in [0.3, 0.4) is 0 Å². The number of ether oxygens (including phenoxy) is 2. The normalized spacial score (nSPS) is 16.0. The molecule has 2 aromatic carbocycles. The molecule has 0 saturated heterocycles. The second-order valence-electron chi connectivity index (χ2n) is 6.52. The Kier molecular flexibility index (Phi) is 4.48. The lowest BCUT2D eigenvalue weighted by atomic mass is 9.96. The highest BCUT2D eigenvalue weighted by Crippen LogP contribution is 2.30. The van der Waals surface area contributed by atoms with E-state index in [-0.39, 0.29) is 18.4 Å². The lowest BCUT2D eigenvalue weighted by Gasteiger charge is -2.25. The molecular formula is C20H21N3O3. The lowest BCUT2D eigenvalue weighted by molar-refractivity contribution is -0.121. The van der Waals surface area contributed by atoms with E-state index in [1.807, 2.05) is 47.0 Å².